The van der Waals surface area contributed by atoms with Gasteiger partial charge >= 0.3 is 0 Å². The molecule has 0 spiro atoms. The Kier molecular flexibility index (Phi) is 5.00. The van der Waals surface area contributed by atoms with Gasteiger partial charge in [0.2, 0.25) is 5.43 Å². The highest BCUT2D eigenvalue weighted by molar-refractivity contribution is 6.32. The van der Waals surface area contributed by atoms with Crippen LogP contribution in [0.5, 0.6) is 0 Å². The van der Waals surface area contributed by atoms with E-state index in [0.717, 1.165) is 25.7 Å². The van der Waals surface area contributed by atoms with Crippen molar-refractivity contribution < 1.29 is 4.79 Å². The van der Waals surface area contributed by atoms with Crippen LogP contribution < -0.4 is 5.43 Å². The third kappa shape index (κ3) is 3.36. The second-order valence-electron chi connectivity index (χ2n) is 6.07. The van der Waals surface area contributed by atoms with Gasteiger partial charge in [0, 0.05) is 24.8 Å². The van der Waals surface area contributed by atoms with E-state index in [0.29, 0.717) is 29.5 Å². The summed E-state index contributed by atoms with van der Waals surface area (Å²) in [6, 6.07) is 8.69. The van der Waals surface area contributed by atoms with E-state index in [1.54, 1.807) is 22.6 Å². The van der Waals surface area contributed by atoms with Crippen LogP contribution in [0.25, 0.3) is 5.69 Å². The Morgan fingerprint density at radius 3 is 2.46 bits per heavy atom. The van der Waals surface area contributed by atoms with Crippen molar-refractivity contribution in [3.8, 4) is 5.69 Å². The highest BCUT2D eigenvalue weighted by atomic mass is 35.5. The molecule has 0 radical (unpaired) electrons. The van der Waals surface area contributed by atoms with Gasteiger partial charge in [-0.15, -0.1) is 0 Å². The van der Waals surface area contributed by atoms with E-state index in [4.69, 9.17) is 11.6 Å². The minimum absolute atomic E-state index is 0.0394. The molecule has 0 unspecified atom stereocenters. The van der Waals surface area contributed by atoms with Gasteiger partial charge in [-0.25, -0.2) is 4.68 Å². The zero-order valence-corrected chi connectivity index (χ0v) is 14.4. The molecule has 1 aromatic carbocycles. The minimum atomic E-state index is -0.343. The first-order chi connectivity index (χ1) is 11.6. The number of aromatic nitrogens is 2. The SMILES string of the molecule is Cc1cc(=O)c(C(=O)N2CCCCCC2)nn1-c1ccccc1Cl. The smallest absolute Gasteiger partial charge is 0.278 e. The molecule has 2 heterocycles. The van der Waals surface area contributed by atoms with Gasteiger partial charge in [0.25, 0.3) is 5.91 Å². The van der Waals surface area contributed by atoms with Gasteiger partial charge in [0.1, 0.15) is 0 Å². The third-order valence-electron chi connectivity index (χ3n) is 4.28. The number of nitrogens with zero attached hydrogens (tertiary/aromatic N) is 3. The number of halogens is 1. The summed E-state index contributed by atoms with van der Waals surface area (Å²) in [5.74, 6) is -0.289. The molecule has 0 N–H and O–H groups in total. The number of hydrogen-bond donors (Lipinski definition) is 0. The Hall–Kier alpha value is -2.14. The van der Waals surface area contributed by atoms with Gasteiger partial charge in [0.05, 0.1) is 10.7 Å². The quantitative estimate of drug-likeness (QED) is 0.839. The molecular weight excluding hydrogens is 326 g/mol. The zero-order chi connectivity index (χ0) is 17.1. The zero-order valence-electron chi connectivity index (χ0n) is 13.7. The second-order valence-corrected chi connectivity index (χ2v) is 6.48. The Labute approximate surface area is 145 Å². The first-order valence-electron chi connectivity index (χ1n) is 8.23. The lowest BCUT2D eigenvalue weighted by Gasteiger charge is -2.20. The molecule has 1 aliphatic rings. The average molecular weight is 346 g/mol. The lowest BCUT2D eigenvalue weighted by Crippen LogP contribution is -2.37. The Bertz CT molecular complexity index is 808. The molecule has 126 valence electrons. The number of benzene rings is 1. The van der Waals surface area contributed by atoms with Gasteiger partial charge in [-0.3, -0.25) is 9.59 Å². The number of hydrogen-bond acceptors (Lipinski definition) is 3. The van der Waals surface area contributed by atoms with Crippen molar-refractivity contribution in [2.75, 3.05) is 13.1 Å². The molecule has 0 bridgehead atoms. The maximum atomic E-state index is 12.8. The Morgan fingerprint density at radius 2 is 1.79 bits per heavy atom. The molecule has 1 amide bonds. The lowest BCUT2D eigenvalue weighted by molar-refractivity contribution is 0.0752. The van der Waals surface area contributed by atoms with E-state index in [-0.39, 0.29) is 17.0 Å². The van der Waals surface area contributed by atoms with Crippen molar-refractivity contribution in [1.29, 1.82) is 0 Å². The summed E-state index contributed by atoms with van der Waals surface area (Å²) in [6.45, 7) is 3.14. The summed E-state index contributed by atoms with van der Waals surface area (Å²) in [4.78, 5) is 26.8. The maximum Gasteiger partial charge on any atom is 0.278 e. The molecule has 24 heavy (non-hydrogen) atoms. The Balaban J connectivity index is 2.03. The minimum Gasteiger partial charge on any atom is -0.337 e. The summed E-state index contributed by atoms with van der Waals surface area (Å²) in [6.07, 6.45) is 4.18. The fourth-order valence-electron chi connectivity index (χ4n) is 2.99. The first kappa shape index (κ1) is 16.7. The van der Waals surface area contributed by atoms with E-state index < -0.39 is 0 Å². The molecular formula is C18H20ClN3O2. The molecule has 2 aromatic rings. The van der Waals surface area contributed by atoms with Crippen LogP contribution >= 0.6 is 11.6 Å². The van der Waals surface area contributed by atoms with Crippen LogP contribution in [0.4, 0.5) is 0 Å². The fraction of sp³-hybridized carbons (Fsp3) is 0.389. The van der Waals surface area contributed by atoms with Crippen molar-refractivity contribution in [2.45, 2.75) is 32.6 Å². The van der Waals surface area contributed by atoms with Crippen molar-refractivity contribution in [1.82, 2.24) is 14.7 Å². The normalized spacial score (nSPS) is 15.2. The van der Waals surface area contributed by atoms with E-state index in [2.05, 4.69) is 5.10 Å². The van der Waals surface area contributed by atoms with Crippen LogP contribution in [-0.4, -0.2) is 33.7 Å². The summed E-state index contributed by atoms with van der Waals surface area (Å²) >= 11 is 6.24. The average Bonchev–Trinajstić information content (AvgIpc) is 2.85. The molecule has 0 saturated carbocycles. The van der Waals surface area contributed by atoms with Crippen LogP contribution in [0.15, 0.2) is 35.1 Å². The van der Waals surface area contributed by atoms with Gasteiger partial charge in [-0.1, -0.05) is 36.6 Å². The number of carbonyl (C=O) groups excluding carboxylic acids is 1. The number of rotatable bonds is 2. The van der Waals surface area contributed by atoms with Crippen LogP contribution in [0.3, 0.4) is 0 Å². The standard InChI is InChI=1S/C18H20ClN3O2/c1-13-12-16(23)17(18(24)21-10-6-2-3-7-11-21)20-22(13)15-9-5-4-8-14(15)19/h4-5,8-9,12H,2-3,6-7,10-11H2,1H3. The van der Waals surface area contributed by atoms with Crippen molar-refractivity contribution in [3.05, 3.63) is 57.0 Å². The molecule has 3 rings (SSSR count). The molecule has 6 heteroatoms. The number of carbonyl (C=O) groups is 1. The Morgan fingerprint density at radius 1 is 1.12 bits per heavy atom. The summed E-state index contributed by atoms with van der Waals surface area (Å²) in [7, 11) is 0. The van der Waals surface area contributed by atoms with Crippen LogP contribution in [0.2, 0.25) is 5.02 Å². The number of aryl methyl sites for hydroxylation is 1. The van der Waals surface area contributed by atoms with E-state index in [9.17, 15) is 9.59 Å². The number of likely N-dealkylation sites (tertiary alicyclic amines) is 1. The molecule has 1 aromatic heterocycles. The van der Waals surface area contributed by atoms with Gasteiger partial charge in [-0.2, -0.15) is 5.10 Å². The summed E-state index contributed by atoms with van der Waals surface area (Å²) in [5.41, 5.74) is 0.912. The van der Waals surface area contributed by atoms with Crippen LogP contribution in [-0.2, 0) is 0 Å². The topological polar surface area (TPSA) is 55.2 Å². The molecule has 1 fully saturated rings. The predicted octanol–water partition coefficient (Wildman–Crippen LogP) is 3.21. The largest absolute Gasteiger partial charge is 0.337 e. The molecule has 0 atom stereocenters. The van der Waals surface area contributed by atoms with E-state index >= 15 is 0 Å². The first-order valence-corrected chi connectivity index (χ1v) is 8.61. The van der Waals surface area contributed by atoms with Gasteiger partial charge in [-0.05, 0) is 31.9 Å². The maximum absolute atomic E-state index is 12.8. The number of amides is 1. The highest BCUT2D eigenvalue weighted by Crippen LogP contribution is 2.20. The summed E-state index contributed by atoms with van der Waals surface area (Å²) in [5, 5.41) is 4.86. The molecule has 1 aliphatic heterocycles. The third-order valence-corrected chi connectivity index (χ3v) is 4.60. The molecule has 1 saturated heterocycles. The fourth-order valence-corrected chi connectivity index (χ4v) is 3.20. The van der Waals surface area contributed by atoms with Gasteiger partial charge < -0.3 is 4.90 Å². The lowest BCUT2D eigenvalue weighted by atomic mass is 10.2. The van der Waals surface area contributed by atoms with E-state index in [1.165, 1.54) is 6.07 Å². The van der Waals surface area contributed by atoms with Crippen molar-refractivity contribution >= 4 is 17.5 Å². The van der Waals surface area contributed by atoms with Gasteiger partial charge in [0.15, 0.2) is 5.69 Å². The second kappa shape index (κ2) is 7.18. The predicted molar refractivity (Wildman–Crippen MR) is 94.0 cm³/mol. The van der Waals surface area contributed by atoms with Crippen molar-refractivity contribution in [2.24, 2.45) is 0 Å². The molecule has 0 aliphatic carbocycles. The van der Waals surface area contributed by atoms with Crippen LogP contribution in [0, 0.1) is 6.92 Å². The number of para-hydroxylation sites is 1. The molecule has 5 nitrogen and oxygen atoms in total. The highest BCUT2D eigenvalue weighted by Gasteiger charge is 2.22. The van der Waals surface area contributed by atoms with Crippen molar-refractivity contribution in [3.63, 3.8) is 0 Å². The monoisotopic (exact) mass is 345 g/mol. The van der Waals surface area contributed by atoms with Crippen LogP contribution in [0.1, 0.15) is 41.9 Å². The summed E-state index contributed by atoms with van der Waals surface area (Å²) < 4.78 is 1.56. The van der Waals surface area contributed by atoms with E-state index in [1.807, 2.05) is 18.2 Å².